The molecular weight excluding hydrogens is 505 g/mol. The number of alkyl halides is 3. The third kappa shape index (κ3) is 6.18. The highest BCUT2D eigenvalue weighted by Crippen LogP contribution is 2.36. The maximum absolute atomic E-state index is 13.0. The molecule has 2 aromatic rings. The molecule has 0 aliphatic carbocycles. The lowest BCUT2D eigenvalue weighted by Gasteiger charge is -2.17. The Balaban J connectivity index is 1.62. The SMILES string of the molecule is Cn1nc(C(F)(F)F)cc1-c1ccc(S(=O)(=O)N2CCC(NC(=S)NCCC[N+](=O)[O-])C2)s1. The number of thiocarbonyl (C=S) groups is 1. The Morgan fingerprint density at radius 3 is 2.79 bits per heavy atom. The molecule has 182 valence electrons. The molecule has 0 saturated carbocycles. The lowest BCUT2D eigenvalue weighted by atomic mass is 10.3. The van der Waals surface area contributed by atoms with Crippen LogP contribution in [0, 0.1) is 10.1 Å². The fourth-order valence-electron chi connectivity index (χ4n) is 3.27. The standard InChI is InChI=1S/C17H21F3N6O4S3/c1-24-12(9-14(23-24)17(18,19)20)13-3-4-15(32-13)33(29,30)25-8-5-11(10-25)22-16(31)21-6-2-7-26(27)28/h3-4,9,11H,2,5-8,10H2,1H3,(H2,21,22,31). The highest BCUT2D eigenvalue weighted by atomic mass is 32.2. The Hall–Kier alpha value is -2.30. The van der Waals surface area contributed by atoms with Gasteiger partial charge in [-0.2, -0.15) is 22.6 Å². The van der Waals surface area contributed by atoms with E-state index in [0.29, 0.717) is 24.3 Å². The molecule has 2 N–H and O–H groups in total. The molecule has 10 nitrogen and oxygen atoms in total. The maximum atomic E-state index is 13.0. The van der Waals surface area contributed by atoms with Crippen molar-refractivity contribution in [2.24, 2.45) is 7.05 Å². The number of sulfonamides is 1. The minimum absolute atomic E-state index is 0.0217. The van der Waals surface area contributed by atoms with Crippen LogP contribution < -0.4 is 10.6 Å². The molecule has 3 heterocycles. The molecule has 1 aliphatic rings. The van der Waals surface area contributed by atoms with Crippen molar-refractivity contribution in [3.63, 3.8) is 0 Å². The first-order chi connectivity index (χ1) is 15.4. The lowest BCUT2D eigenvalue weighted by Crippen LogP contribution is -2.44. The van der Waals surface area contributed by atoms with Gasteiger partial charge in [-0.1, -0.05) is 0 Å². The minimum Gasteiger partial charge on any atom is -0.362 e. The first-order valence-corrected chi connectivity index (χ1v) is 12.4. The van der Waals surface area contributed by atoms with Crippen molar-refractivity contribution in [2.45, 2.75) is 29.3 Å². The molecule has 1 fully saturated rings. The third-order valence-corrected chi connectivity index (χ3v) is 8.59. The zero-order valence-electron chi connectivity index (χ0n) is 17.3. The van der Waals surface area contributed by atoms with Crippen molar-refractivity contribution < 1.29 is 26.5 Å². The van der Waals surface area contributed by atoms with Gasteiger partial charge in [-0.05, 0) is 36.8 Å². The van der Waals surface area contributed by atoms with Gasteiger partial charge < -0.3 is 10.6 Å². The highest BCUT2D eigenvalue weighted by molar-refractivity contribution is 7.91. The number of halogens is 3. The maximum Gasteiger partial charge on any atom is 0.435 e. The van der Waals surface area contributed by atoms with E-state index < -0.39 is 26.8 Å². The summed E-state index contributed by atoms with van der Waals surface area (Å²) in [6.45, 7) is 0.561. The number of nitro groups is 1. The summed E-state index contributed by atoms with van der Waals surface area (Å²) < 4.78 is 67.2. The molecule has 2 aromatic heterocycles. The van der Waals surface area contributed by atoms with Crippen LogP contribution >= 0.6 is 23.6 Å². The van der Waals surface area contributed by atoms with Crippen LogP contribution in [-0.2, 0) is 23.2 Å². The molecule has 0 aromatic carbocycles. The van der Waals surface area contributed by atoms with Gasteiger partial charge in [0.05, 0.1) is 10.6 Å². The van der Waals surface area contributed by atoms with E-state index in [1.807, 2.05) is 0 Å². The predicted octanol–water partition coefficient (Wildman–Crippen LogP) is 2.06. The van der Waals surface area contributed by atoms with Crippen LogP contribution in [-0.4, -0.2) is 64.8 Å². The second-order valence-electron chi connectivity index (χ2n) is 7.31. The van der Waals surface area contributed by atoms with E-state index in [9.17, 15) is 31.7 Å². The molecule has 16 heteroatoms. The molecule has 0 bridgehead atoms. The first-order valence-electron chi connectivity index (χ1n) is 9.75. The van der Waals surface area contributed by atoms with Crippen LogP contribution in [0.4, 0.5) is 13.2 Å². The van der Waals surface area contributed by atoms with Gasteiger partial charge in [-0.15, -0.1) is 11.3 Å². The molecule has 3 rings (SSSR count). The third-order valence-electron chi connectivity index (χ3n) is 4.89. The molecular formula is C17H21F3N6O4S3. The summed E-state index contributed by atoms with van der Waals surface area (Å²) in [4.78, 5) is 10.3. The molecule has 1 aliphatic heterocycles. The quantitative estimate of drug-likeness (QED) is 0.232. The average molecular weight is 527 g/mol. The van der Waals surface area contributed by atoms with Crippen LogP contribution in [0.3, 0.4) is 0 Å². The highest BCUT2D eigenvalue weighted by Gasteiger charge is 2.36. The van der Waals surface area contributed by atoms with Gasteiger partial charge in [0.1, 0.15) is 4.21 Å². The Kier molecular flexibility index (Phi) is 7.60. The van der Waals surface area contributed by atoms with E-state index in [0.717, 1.165) is 22.1 Å². The van der Waals surface area contributed by atoms with Crippen LogP contribution in [0.1, 0.15) is 18.5 Å². The van der Waals surface area contributed by atoms with Gasteiger partial charge in [-0.3, -0.25) is 14.8 Å². The smallest absolute Gasteiger partial charge is 0.362 e. The van der Waals surface area contributed by atoms with Crippen LogP contribution in [0.15, 0.2) is 22.4 Å². The molecule has 1 atom stereocenters. The number of thiophene rings is 1. The van der Waals surface area contributed by atoms with Crippen LogP contribution in [0.25, 0.3) is 10.6 Å². The molecule has 33 heavy (non-hydrogen) atoms. The summed E-state index contributed by atoms with van der Waals surface area (Å²) >= 11 is 6.02. The molecule has 1 unspecified atom stereocenters. The first kappa shape index (κ1) is 25.3. The van der Waals surface area contributed by atoms with Gasteiger partial charge in [-0.25, -0.2) is 8.42 Å². The number of hydrogen-bond donors (Lipinski definition) is 2. The monoisotopic (exact) mass is 526 g/mol. The fourth-order valence-corrected chi connectivity index (χ4v) is 6.55. The molecule has 0 radical (unpaired) electrons. The summed E-state index contributed by atoms with van der Waals surface area (Å²) in [5, 5.41) is 19.9. The molecule has 0 amide bonds. The van der Waals surface area contributed by atoms with Crippen LogP contribution in [0.5, 0.6) is 0 Å². The van der Waals surface area contributed by atoms with E-state index in [-0.39, 0.29) is 40.7 Å². The van der Waals surface area contributed by atoms with E-state index in [1.54, 1.807) is 0 Å². The summed E-state index contributed by atoms with van der Waals surface area (Å²) in [6.07, 6.45) is -3.78. The minimum atomic E-state index is -4.60. The van der Waals surface area contributed by atoms with E-state index in [2.05, 4.69) is 15.7 Å². The Morgan fingerprint density at radius 2 is 2.15 bits per heavy atom. The van der Waals surface area contributed by atoms with Crippen molar-refractivity contribution in [1.82, 2.24) is 24.7 Å². The predicted molar refractivity (Wildman–Crippen MR) is 119 cm³/mol. The fraction of sp³-hybridized carbons (Fsp3) is 0.529. The summed E-state index contributed by atoms with van der Waals surface area (Å²) in [7, 11) is -2.47. The number of nitrogens with zero attached hydrogens (tertiary/aromatic N) is 4. The molecule has 0 spiro atoms. The number of aryl methyl sites for hydroxylation is 1. The van der Waals surface area contributed by atoms with E-state index >= 15 is 0 Å². The zero-order valence-corrected chi connectivity index (χ0v) is 19.8. The number of hydrogen-bond acceptors (Lipinski definition) is 7. The Labute approximate surface area is 197 Å². The second kappa shape index (κ2) is 9.90. The zero-order chi connectivity index (χ0) is 24.4. The summed E-state index contributed by atoms with van der Waals surface area (Å²) in [5.74, 6) is 0. The number of aromatic nitrogens is 2. The molecule has 1 saturated heterocycles. The summed E-state index contributed by atoms with van der Waals surface area (Å²) in [6, 6.07) is 3.49. The van der Waals surface area contributed by atoms with Gasteiger partial charge in [0.2, 0.25) is 6.54 Å². The van der Waals surface area contributed by atoms with Gasteiger partial charge in [0.25, 0.3) is 10.0 Å². The lowest BCUT2D eigenvalue weighted by molar-refractivity contribution is -0.480. The van der Waals surface area contributed by atoms with Gasteiger partial charge >= 0.3 is 6.18 Å². The van der Waals surface area contributed by atoms with Crippen LogP contribution in [0.2, 0.25) is 0 Å². The van der Waals surface area contributed by atoms with Crippen molar-refractivity contribution >= 4 is 38.7 Å². The number of nitrogens with one attached hydrogen (secondary N) is 2. The number of rotatable bonds is 8. The van der Waals surface area contributed by atoms with Crippen molar-refractivity contribution in [1.29, 1.82) is 0 Å². The van der Waals surface area contributed by atoms with Crippen molar-refractivity contribution in [3.05, 3.63) is 34.0 Å². The van der Waals surface area contributed by atoms with E-state index in [1.165, 1.54) is 23.5 Å². The normalized spacial score (nSPS) is 17.3. The second-order valence-corrected chi connectivity index (χ2v) is 11.0. The van der Waals surface area contributed by atoms with Crippen molar-refractivity contribution in [2.75, 3.05) is 26.2 Å². The topological polar surface area (TPSA) is 122 Å². The van der Waals surface area contributed by atoms with E-state index in [4.69, 9.17) is 12.2 Å². The largest absolute Gasteiger partial charge is 0.435 e. The Morgan fingerprint density at radius 1 is 1.42 bits per heavy atom. The van der Waals surface area contributed by atoms with Gasteiger partial charge in [0, 0.05) is 44.1 Å². The van der Waals surface area contributed by atoms with Gasteiger partial charge in [0.15, 0.2) is 10.8 Å². The Bertz CT molecular complexity index is 1130. The van der Waals surface area contributed by atoms with Crippen molar-refractivity contribution in [3.8, 4) is 10.6 Å². The summed E-state index contributed by atoms with van der Waals surface area (Å²) in [5.41, 5.74) is -0.877. The average Bonchev–Trinajstić information content (AvgIpc) is 3.44.